The first-order chi connectivity index (χ1) is 9.27. The van der Waals surface area contributed by atoms with Gasteiger partial charge in [0.1, 0.15) is 4.90 Å². The summed E-state index contributed by atoms with van der Waals surface area (Å²) in [6, 6.07) is 2.45. The van der Waals surface area contributed by atoms with Crippen molar-refractivity contribution in [2.45, 2.75) is 25.2 Å². The summed E-state index contributed by atoms with van der Waals surface area (Å²) in [5, 5.41) is 8.60. The lowest BCUT2D eigenvalue weighted by Gasteiger charge is -2.21. The molecule has 0 aromatic heterocycles. The van der Waals surface area contributed by atoms with E-state index in [2.05, 4.69) is 0 Å². The van der Waals surface area contributed by atoms with E-state index in [-0.39, 0.29) is 21.5 Å². The van der Waals surface area contributed by atoms with E-state index in [9.17, 15) is 13.2 Å². The molecule has 0 fully saturated rings. The number of carboxylic acids is 1. The number of hydrogen-bond donors (Lipinski definition) is 1. The molecular formula is C12H15Cl2NO4S. The van der Waals surface area contributed by atoms with Crippen LogP contribution in [0.15, 0.2) is 17.0 Å². The van der Waals surface area contributed by atoms with Crippen LogP contribution in [-0.2, 0) is 10.0 Å². The molecule has 1 aromatic carbocycles. The zero-order chi connectivity index (χ0) is 15.5. The summed E-state index contributed by atoms with van der Waals surface area (Å²) in [5.74, 6) is -1.37. The summed E-state index contributed by atoms with van der Waals surface area (Å²) in [4.78, 5) is 10.9. The number of rotatable bonds is 6. The van der Waals surface area contributed by atoms with E-state index in [0.717, 1.165) is 0 Å². The first-order valence-corrected chi connectivity index (χ1v) is 8.18. The Kier molecular flexibility index (Phi) is 5.82. The van der Waals surface area contributed by atoms with E-state index >= 15 is 0 Å². The Morgan fingerprint density at radius 3 is 2.35 bits per heavy atom. The zero-order valence-corrected chi connectivity index (χ0v) is 13.4. The normalized spacial score (nSPS) is 11.8. The van der Waals surface area contributed by atoms with E-state index in [1.807, 2.05) is 6.92 Å². The van der Waals surface area contributed by atoms with Crippen LogP contribution in [-0.4, -0.2) is 36.9 Å². The number of sulfonamides is 1. The van der Waals surface area contributed by atoms with Gasteiger partial charge in [0.2, 0.25) is 10.0 Å². The maximum absolute atomic E-state index is 12.5. The lowest BCUT2D eigenvalue weighted by atomic mass is 10.2. The molecule has 5 nitrogen and oxygen atoms in total. The number of aromatic carboxylic acids is 1. The van der Waals surface area contributed by atoms with Gasteiger partial charge in [-0.2, -0.15) is 4.31 Å². The lowest BCUT2D eigenvalue weighted by molar-refractivity contribution is 0.0697. The van der Waals surface area contributed by atoms with Crippen molar-refractivity contribution in [2.75, 3.05) is 13.1 Å². The minimum atomic E-state index is -3.84. The van der Waals surface area contributed by atoms with E-state index < -0.39 is 21.6 Å². The van der Waals surface area contributed by atoms with Gasteiger partial charge in [-0.25, -0.2) is 13.2 Å². The van der Waals surface area contributed by atoms with Crippen molar-refractivity contribution in [1.29, 1.82) is 0 Å². The highest BCUT2D eigenvalue weighted by atomic mass is 35.5. The smallest absolute Gasteiger partial charge is 0.338 e. The van der Waals surface area contributed by atoms with Crippen LogP contribution in [0.3, 0.4) is 0 Å². The molecule has 0 aliphatic carbocycles. The van der Waals surface area contributed by atoms with Crippen molar-refractivity contribution in [1.82, 2.24) is 4.31 Å². The Hall–Kier alpha value is -0.820. The molecule has 1 aromatic rings. The number of hydrogen-bond acceptors (Lipinski definition) is 3. The van der Waals surface area contributed by atoms with Gasteiger partial charge in [-0.1, -0.05) is 37.0 Å². The van der Waals surface area contributed by atoms with Gasteiger partial charge in [0.15, 0.2) is 0 Å². The number of carbonyl (C=O) groups is 1. The van der Waals surface area contributed by atoms with Gasteiger partial charge < -0.3 is 5.11 Å². The number of nitrogens with zero attached hydrogens (tertiary/aromatic N) is 1. The fraction of sp³-hybridized carbons (Fsp3) is 0.417. The molecule has 0 atom stereocenters. The Balaban J connectivity index is 3.47. The number of benzene rings is 1. The molecule has 0 saturated carbocycles. The molecule has 1 N–H and O–H groups in total. The predicted molar refractivity (Wildman–Crippen MR) is 78.1 cm³/mol. The molecule has 0 spiro atoms. The number of carboxylic acid groups (broad SMARTS) is 1. The third-order valence-electron chi connectivity index (χ3n) is 2.71. The second kappa shape index (κ2) is 6.76. The van der Waals surface area contributed by atoms with Crippen molar-refractivity contribution in [3.05, 3.63) is 27.7 Å². The van der Waals surface area contributed by atoms with Gasteiger partial charge >= 0.3 is 5.97 Å². The summed E-state index contributed by atoms with van der Waals surface area (Å²) < 4.78 is 26.2. The fourth-order valence-corrected chi connectivity index (χ4v) is 4.20. The summed E-state index contributed by atoms with van der Waals surface area (Å²) >= 11 is 11.7. The van der Waals surface area contributed by atoms with Gasteiger partial charge in [-0.15, -0.1) is 0 Å². The van der Waals surface area contributed by atoms with E-state index in [4.69, 9.17) is 28.3 Å². The maximum atomic E-state index is 12.5. The van der Waals surface area contributed by atoms with Gasteiger partial charge in [-0.05, 0) is 18.6 Å². The molecule has 0 aliphatic rings. The van der Waals surface area contributed by atoms with Crippen LogP contribution in [0.1, 0.15) is 30.6 Å². The van der Waals surface area contributed by atoms with Crippen LogP contribution in [0.25, 0.3) is 0 Å². The minimum Gasteiger partial charge on any atom is -0.478 e. The van der Waals surface area contributed by atoms with E-state index in [1.165, 1.54) is 16.4 Å². The highest BCUT2D eigenvalue weighted by Gasteiger charge is 2.28. The van der Waals surface area contributed by atoms with Crippen molar-refractivity contribution in [3.8, 4) is 0 Å². The van der Waals surface area contributed by atoms with Crippen LogP contribution in [0.4, 0.5) is 0 Å². The lowest BCUT2D eigenvalue weighted by Crippen LogP contribution is -2.32. The Bertz CT molecular complexity index is 616. The predicted octanol–water partition coefficient (Wildman–Crippen LogP) is 3.11. The van der Waals surface area contributed by atoms with Crippen LogP contribution in [0.5, 0.6) is 0 Å². The SMILES string of the molecule is CCCN(CC)S(=O)(=O)c1ccc(Cl)c(C(=O)O)c1Cl. The van der Waals surface area contributed by atoms with Crippen LogP contribution < -0.4 is 0 Å². The second-order valence-electron chi connectivity index (χ2n) is 4.04. The largest absolute Gasteiger partial charge is 0.478 e. The van der Waals surface area contributed by atoms with Crippen LogP contribution >= 0.6 is 23.2 Å². The van der Waals surface area contributed by atoms with E-state index in [1.54, 1.807) is 6.92 Å². The fourth-order valence-electron chi connectivity index (χ4n) is 1.77. The van der Waals surface area contributed by atoms with E-state index in [0.29, 0.717) is 13.0 Å². The summed E-state index contributed by atoms with van der Waals surface area (Å²) in [6.07, 6.45) is 0.643. The monoisotopic (exact) mass is 339 g/mol. The minimum absolute atomic E-state index is 0.0972. The highest BCUT2D eigenvalue weighted by molar-refractivity contribution is 7.89. The first kappa shape index (κ1) is 17.2. The molecule has 0 heterocycles. The van der Waals surface area contributed by atoms with Gasteiger partial charge in [0.05, 0.1) is 15.6 Å². The summed E-state index contributed by atoms with van der Waals surface area (Å²) in [6.45, 7) is 4.16. The summed E-state index contributed by atoms with van der Waals surface area (Å²) in [5.41, 5.74) is -0.401. The van der Waals surface area contributed by atoms with Crippen molar-refractivity contribution >= 4 is 39.2 Å². The van der Waals surface area contributed by atoms with Gasteiger partial charge in [0, 0.05) is 13.1 Å². The second-order valence-corrected chi connectivity index (χ2v) is 6.73. The number of halogens is 2. The van der Waals surface area contributed by atoms with Crippen molar-refractivity contribution in [3.63, 3.8) is 0 Å². The van der Waals surface area contributed by atoms with Gasteiger partial charge in [-0.3, -0.25) is 0 Å². The molecule has 0 unspecified atom stereocenters. The Morgan fingerprint density at radius 1 is 1.30 bits per heavy atom. The third kappa shape index (κ3) is 3.25. The standard InChI is InChI=1S/C12H15Cl2NO4S/c1-3-7-15(4-2)20(18,19)9-6-5-8(13)10(11(9)14)12(16)17/h5-6H,3-4,7H2,1-2H3,(H,16,17). The quantitative estimate of drug-likeness (QED) is 0.863. The molecule has 112 valence electrons. The Labute approximate surface area is 128 Å². The average Bonchev–Trinajstić information content (AvgIpc) is 2.34. The zero-order valence-electron chi connectivity index (χ0n) is 11.1. The Morgan fingerprint density at radius 2 is 1.90 bits per heavy atom. The van der Waals surface area contributed by atoms with Crippen LogP contribution in [0, 0.1) is 0 Å². The molecule has 8 heteroatoms. The molecule has 1 rings (SSSR count). The first-order valence-electron chi connectivity index (χ1n) is 5.98. The van der Waals surface area contributed by atoms with Gasteiger partial charge in [0.25, 0.3) is 0 Å². The molecule has 0 amide bonds. The topological polar surface area (TPSA) is 74.7 Å². The molecular weight excluding hydrogens is 325 g/mol. The van der Waals surface area contributed by atoms with Crippen LogP contribution in [0.2, 0.25) is 10.0 Å². The maximum Gasteiger partial charge on any atom is 0.338 e. The summed E-state index contributed by atoms with van der Waals surface area (Å²) in [7, 11) is -3.84. The van der Waals surface area contributed by atoms with Crippen molar-refractivity contribution in [2.24, 2.45) is 0 Å². The highest BCUT2D eigenvalue weighted by Crippen LogP contribution is 2.32. The molecule has 0 aliphatic heterocycles. The molecule has 0 radical (unpaired) electrons. The molecule has 0 saturated heterocycles. The third-order valence-corrected chi connectivity index (χ3v) is 5.55. The average molecular weight is 340 g/mol. The molecule has 0 bridgehead atoms. The molecule has 20 heavy (non-hydrogen) atoms. The van der Waals surface area contributed by atoms with Crippen molar-refractivity contribution < 1.29 is 18.3 Å².